The summed E-state index contributed by atoms with van der Waals surface area (Å²) in [5.41, 5.74) is 1.25. The molecule has 1 saturated heterocycles. The lowest BCUT2D eigenvalue weighted by molar-refractivity contribution is 0.101. The highest BCUT2D eigenvalue weighted by Gasteiger charge is 2.20. The highest BCUT2D eigenvalue weighted by molar-refractivity contribution is 5.96. The van der Waals surface area contributed by atoms with E-state index < -0.39 is 0 Å². The number of carbonyl (C=O) groups excluding carboxylic acids is 2. The summed E-state index contributed by atoms with van der Waals surface area (Å²) in [6, 6.07) is 6.89. The minimum absolute atomic E-state index is 0.0101. The maximum absolute atomic E-state index is 12.2. The third-order valence-electron chi connectivity index (χ3n) is 3.57. The Morgan fingerprint density at radius 3 is 2.62 bits per heavy atom. The topological polar surface area (TPSA) is 52.6 Å². The molecule has 5 heteroatoms. The number of urea groups is 1. The van der Waals surface area contributed by atoms with Gasteiger partial charge in [-0.05, 0) is 19.1 Å². The van der Waals surface area contributed by atoms with Crippen molar-refractivity contribution in [2.24, 2.45) is 0 Å². The fourth-order valence-corrected chi connectivity index (χ4v) is 2.33. The van der Waals surface area contributed by atoms with Crippen LogP contribution in [-0.4, -0.2) is 54.3 Å². The highest BCUT2D eigenvalue weighted by atomic mass is 16.2. The Kier molecular flexibility index (Phi) is 5.11. The summed E-state index contributed by atoms with van der Waals surface area (Å²) in [6.07, 6.45) is 1.88. The van der Waals surface area contributed by atoms with E-state index in [-0.39, 0.29) is 11.8 Å². The maximum atomic E-state index is 12.2. The van der Waals surface area contributed by atoms with Gasteiger partial charge in [-0.3, -0.25) is 9.69 Å². The van der Waals surface area contributed by atoms with Gasteiger partial charge in [0, 0.05) is 44.0 Å². The largest absolute Gasteiger partial charge is 0.322 e. The van der Waals surface area contributed by atoms with Crippen LogP contribution in [0.3, 0.4) is 0 Å². The van der Waals surface area contributed by atoms with E-state index in [1.54, 1.807) is 29.2 Å². The average Bonchev–Trinajstić information content (AvgIpc) is 2.48. The first-order valence-corrected chi connectivity index (χ1v) is 7.10. The van der Waals surface area contributed by atoms with E-state index in [9.17, 15) is 9.59 Å². The number of Topliss-reactive ketones (excluding diaryl/α,β-unsaturated/α-hetero) is 1. The van der Waals surface area contributed by atoms with Crippen molar-refractivity contribution in [2.75, 3.05) is 38.0 Å². The first-order valence-electron chi connectivity index (χ1n) is 7.10. The van der Waals surface area contributed by atoms with Gasteiger partial charge < -0.3 is 10.2 Å². The summed E-state index contributed by atoms with van der Waals surface area (Å²) >= 11 is 0. The second-order valence-electron chi connectivity index (χ2n) is 5.14. The fourth-order valence-electron chi connectivity index (χ4n) is 2.33. The zero-order chi connectivity index (χ0) is 15.2. The number of hydrogen-bond acceptors (Lipinski definition) is 3. The van der Waals surface area contributed by atoms with E-state index in [4.69, 9.17) is 0 Å². The van der Waals surface area contributed by atoms with Gasteiger partial charge in [0.2, 0.25) is 0 Å². The number of anilines is 1. The number of ketones is 1. The molecular formula is C16H21N3O2. The van der Waals surface area contributed by atoms with E-state index in [2.05, 4.69) is 16.8 Å². The van der Waals surface area contributed by atoms with Gasteiger partial charge in [0.15, 0.2) is 5.78 Å². The minimum Gasteiger partial charge on any atom is -0.322 e. The molecule has 1 aliphatic rings. The molecule has 2 amide bonds. The predicted octanol–water partition coefficient (Wildman–Crippen LogP) is 2.22. The van der Waals surface area contributed by atoms with E-state index in [0.29, 0.717) is 24.3 Å². The molecule has 21 heavy (non-hydrogen) atoms. The molecule has 0 spiro atoms. The Balaban J connectivity index is 1.91. The van der Waals surface area contributed by atoms with Crippen molar-refractivity contribution in [1.29, 1.82) is 0 Å². The summed E-state index contributed by atoms with van der Waals surface area (Å²) in [7, 11) is 0. The van der Waals surface area contributed by atoms with Gasteiger partial charge in [0.25, 0.3) is 0 Å². The lowest BCUT2D eigenvalue weighted by Gasteiger charge is -2.34. The lowest BCUT2D eigenvalue weighted by atomic mass is 10.1. The molecular weight excluding hydrogens is 266 g/mol. The third kappa shape index (κ3) is 4.16. The molecule has 0 aromatic heterocycles. The van der Waals surface area contributed by atoms with Crippen molar-refractivity contribution in [3.05, 3.63) is 42.5 Å². The number of nitrogens with one attached hydrogen (secondary N) is 1. The maximum Gasteiger partial charge on any atom is 0.321 e. The Bertz CT molecular complexity index is 534. The van der Waals surface area contributed by atoms with E-state index >= 15 is 0 Å². The minimum atomic E-state index is -0.117. The van der Waals surface area contributed by atoms with Crippen LogP contribution in [0.2, 0.25) is 0 Å². The van der Waals surface area contributed by atoms with Crippen LogP contribution in [0.5, 0.6) is 0 Å². The zero-order valence-corrected chi connectivity index (χ0v) is 12.3. The molecule has 1 heterocycles. The number of amides is 2. The standard InChI is InChI=1S/C16H21N3O2/c1-3-7-18-8-10-19(11-9-18)16(21)17-15-6-4-5-14(12-15)13(2)20/h3-6,12H,1,7-11H2,2H3,(H,17,21). The second-order valence-corrected chi connectivity index (χ2v) is 5.14. The fraction of sp³-hybridized carbons (Fsp3) is 0.375. The van der Waals surface area contributed by atoms with Crippen LogP contribution in [0.1, 0.15) is 17.3 Å². The van der Waals surface area contributed by atoms with Crippen molar-refractivity contribution >= 4 is 17.5 Å². The van der Waals surface area contributed by atoms with Crippen molar-refractivity contribution in [3.8, 4) is 0 Å². The normalized spacial score (nSPS) is 15.6. The summed E-state index contributed by atoms with van der Waals surface area (Å²) in [5, 5.41) is 2.85. The number of carbonyl (C=O) groups is 2. The van der Waals surface area contributed by atoms with Crippen molar-refractivity contribution in [3.63, 3.8) is 0 Å². The van der Waals surface area contributed by atoms with E-state index in [1.807, 2.05) is 6.08 Å². The van der Waals surface area contributed by atoms with Gasteiger partial charge in [-0.1, -0.05) is 18.2 Å². The summed E-state index contributed by atoms with van der Waals surface area (Å²) in [6.45, 7) is 9.21. The number of hydrogen-bond donors (Lipinski definition) is 1. The van der Waals surface area contributed by atoms with Crippen molar-refractivity contribution in [1.82, 2.24) is 9.80 Å². The Hall–Kier alpha value is -2.14. The zero-order valence-electron chi connectivity index (χ0n) is 12.3. The summed E-state index contributed by atoms with van der Waals surface area (Å²) < 4.78 is 0. The van der Waals surface area contributed by atoms with Crippen molar-refractivity contribution < 1.29 is 9.59 Å². The molecule has 1 aromatic rings. The molecule has 112 valence electrons. The SMILES string of the molecule is C=CCN1CCN(C(=O)Nc2cccc(C(C)=O)c2)CC1. The van der Waals surface area contributed by atoms with Gasteiger partial charge in [0.1, 0.15) is 0 Å². The lowest BCUT2D eigenvalue weighted by Crippen LogP contribution is -2.49. The molecule has 2 rings (SSSR count). The van der Waals surface area contributed by atoms with Gasteiger partial charge in [-0.2, -0.15) is 0 Å². The molecule has 1 aromatic carbocycles. The Labute approximate surface area is 125 Å². The highest BCUT2D eigenvalue weighted by Crippen LogP contribution is 2.12. The molecule has 1 fully saturated rings. The van der Waals surface area contributed by atoms with E-state index in [0.717, 1.165) is 19.6 Å². The third-order valence-corrected chi connectivity index (χ3v) is 3.57. The van der Waals surface area contributed by atoms with Crippen LogP contribution >= 0.6 is 0 Å². The predicted molar refractivity (Wildman–Crippen MR) is 83.7 cm³/mol. The van der Waals surface area contributed by atoms with Gasteiger partial charge >= 0.3 is 6.03 Å². The molecule has 0 unspecified atom stereocenters. The average molecular weight is 287 g/mol. The number of nitrogens with zero attached hydrogens (tertiary/aromatic N) is 2. The van der Waals surface area contributed by atoms with Crippen LogP contribution in [0, 0.1) is 0 Å². The molecule has 1 N–H and O–H groups in total. The molecule has 1 aliphatic heterocycles. The first kappa shape index (κ1) is 15.3. The van der Waals surface area contributed by atoms with Crippen LogP contribution < -0.4 is 5.32 Å². The van der Waals surface area contributed by atoms with Gasteiger partial charge in [-0.15, -0.1) is 6.58 Å². The monoisotopic (exact) mass is 287 g/mol. The van der Waals surface area contributed by atoms with Crippen LogP contribution in [-0.2, 0) is 0 Å². The summed E-state index contributed by atoms with van der Waals surface area (Å²) in [4.78, 5) is 27.6. The smallest absolute Gasteiger partial charge is 0.321 e. The van der Waals surface area contributed by atoms with E-state index in [1.165, 1.54) is 6.92 Å². The van der Waals surface area contributed by atoms with Crippen LogP contribution in [0.25, 0.3) is 0 Å². The van der Waals surface area contributed by atoms with Crippen LogP contribution in [0.15, 0.2) is 36.9 Å². The number of rotatable bonds is 4. The van der Waals surface area contributed by atoms with Gasteiger partial charge in [0.05, 0.1) is 0 Å². The second kappa shape index (κ2) is 7.04. The Morgan fingerprint density at radius 2 is 2.00 bits per heavy atom. The molecule has 0 aliphatic carbocycles. The molecule has 0 bridgehead atoms. The molecule has 5 nitrogen and oxygen atoms in total. The number of benzene rings is 1. The van der Waals surface area contributed by atoms with Gasteiger partial charge in [-0.25, -0.2) is 4.79 Å². The molecule has 0 atom stereocenters. The first-order chi connectivity index (χ1) is 10.1. The number of piperazine rings is 1. The van der Waals surface area contributed by atoms with Crippen LogP contribution in [0.4, 0.5) is 10.5 Å². The van der Waals surface area contributed by atoms with Crippen molar-refractivity contribution in [2.45, 2.75) is 6.92 Å². The summed E-state index contributed by atoms with van der Waals surface area (Å²) in [5.74, 6) is -0.0101. The Morgan fingerprint density at radius 1 is 1.29 bits per heavy atom. The molecule has 0 saturated carbocycles. The quantitative estimate of drug-likeness (QED) is 0.682. The molecule has 0 radical (unpaired) electrons.